The smallest absolute Gasteiger partial charge is 0.0492 e. The molecule has 74 valence electrons. The zero-order valence-electron chi connectivity index (χ0n) is 8.95. The summed E-state index contributed by atoms with van der Waals surface area (Å²) < 4.78 is 2.15. The lowest BCUT2D eigenvalue weighted by Crippen LogP contribution is -2.15. The van der Waals surface area contributed by atoms with Crippen LogP contribution in [-0.2, 0) is 6.54 Å². The summed E-state index contributed by atoms with van der Waals surface area (Å²) in [5, 5.41) is 4.27. The highest BCUT2D eigenvalue weighted by molar-refractivity contribution is 5.09. The number of aryl methyl sites for hydroxylation is 1. The molecule has 1 aromatic heterocycles. The first-order chi connectivity index (χ1) is 6.42. The van der Waals surface area contributed by atoms with Crippen LogP contribution in [0.3, 0.4) is 0 Å². The Bertz CT molecular complexity index is 240. The number of fused-ring (bicyclic) bond motifs is 1. The Morgan fingerprint density at radius 2 is 2.31 bits per heavy atom. The molecular formula is C11H20N2. The van der Waals surface area contributed by atoms with Gasteiger partial charge in [-0.25, -0.2) is 0 Å². The average Bonchev–Trinajstić information content (AvgIpc) is 2.68. The van der Waals surface area contributed by atoms with Gasteiger partial charge in [-0.15, -0.1) is 0 Å². The molecule has 0 spiro atoms. The van der Waals surface area contributed by atoms with Gasteiger partial charge < -0.3 is 0 Å². The highest BCUT2D eigenvalue weighted by Gasteiger charge is 2.18. The fraction of sp³-hybridized carbons (Fsp3) is 0.727. The van der Waals surface area contributed by atoms with Crippen molar-refractivity contribution in [2.24, 2.45) is 0 Å². The Morgan fingerprint density at radius 1 is 1.54 bits per heavy atom. The maximum atomic E-state index is 4.27. The van der Waals surface area contributed by atoms with Gasteiger partial charge in [-0.1, -0.05) is 20.8 Å². The second-order valence-corrected chi connectivity index (χ2v) is 3.23. The number of hydrogen-bond donors (Lipinski definition) is 0. The molecule has 1 aliphatic rings. The van der Waals surface area contributed by atoms with Gasteiger partial charge in [0.2, 0.25) is 0 Å². The van der Waals surface area contributed by atoms with Gasteiger partial charge >= 0.3 is 0 Å². The van der Waals surface area contributed by atoms with Crippen molar-refractivity contribution < 1.29 is 0 Å². The van der Waals surface area contributed by atoms with Crippen LogP contribution in [0.15, 0.2) is 12.3 Å². The molecule has 0 fully saturated rings. The monoisotopic (exact) mass is 180 g/mol. The summed E-state index contributed by atoms with van der Waals surface area (Å²) in [6, 6.07) is 2.16. The molecule has 0 radical (unpaired) electrons. The van der Waals surface area contributed by atoms with Gasteiger partial charge in [-0.3, -0.25) is 4.68 Å². The number of rotatable bonds is 1. The summed E-state index contributed by atoms with van der Waals surface area (Å²) in [5.74, 6) is 0.770. The summed E-state index contributed by atoms with van der Waals surface area (Å²) >= 11 is 0. The topological polar surface area (TPSA) is 17.8 Å². The Morgan fingerprint density at radius 3 is 3.00 bits per heavy atom. The highest BCUT2D eigenvalue weighted by atomic mass is 15.3. The molecule has 0 aliphatic carbocycles. The summed E-state index contributed by atoms with van der Waals surface area (Å²) in [6.07, 6.45) is 5.82. The number of hydrogen-bond acceptors (Lipinski definition) is 1. The molecule has 0 bridgehead atoms. The molecular weight excluding hydrogens is 160 g/mol. The number of aromatic nitrogens is 2. The van der Waals surface area contributed by atoms with Crippen LogP contribution in [0, 0.1) is 0 Å². The van der Waals surface area contributed by atoms with Crippen LogP contribution >= 0.6 is 0 Å². The van der Waals surface area contributed by atoms with Gasteiger partial charge in [0.1, 0.15) is 0 Å². The van der Waals surface area contributed by atoms with Crippen molar-refractivity contribution in [1.82, 2.24) is 9.78 Å². The third kappa shape index (κ3) is 2.11. The van der Waals surface area contributed by atoms with Crippen LogP contribution in [0.4, 0.5) is 0 Å². The van der Waals surface area contributed by atoms with Crippen molar-refractivity contribution in [2.75, 3.05) is 0 Å². The fourth-order valence-corrected chi connectivity index (χ4v) is 1.93. The summed E-state index contributed by atoms with van der Waals surface area (Å²) in [6.45, 7) is 7.38. The second-order valence-electron chi connectivity index (χ2n) is 3.23. The Balaban J connectivity index is 0.000000396. The van der Waals surface area contributed by atoms with Crippen molar-refractivity contribution in [2.45, 2.75) is 52.5 Å². The molecule has 2 rings (SSSR count). The van der Waals surface area contributed by atoms with Crippen LogP contribution < -0.4 is 0 Å². The van der Waals surface area contributed by atoms with Crippen LogP contribution in [0.2, 0.25) is 0 Å². The predicted molar refractivity (Wildman–Crippen MR) is 55.8 cm³/mol. The highest BCUT2D eigenvalue weighted by Crippen LogP contribution is 2.28. The van der Waals surface area contributed by atoms with E-state index in [0.717, 1.165) is 12.5 Å². The maximum absolute atomic E-state index is 4.27. The van der Waals surface area contributed by atoms with Gasteiger partial charge in [0.25, 0.3) is 0 Å². The fourth-order valence-electron chi connectivity index (χ4n) is 1.93. The molecule has 1 atom stereocenters. The van der Waals surface area contributed by atoms with Gasteiger partial charge in [0, 0.05) is 24.4 Å². The zero-order chi connectivity index (χ0) is 9.68. The molecule has 13 heavy (non-hydrogen) atoms. The molecule has 1 aromatic rings. The minimum absolute atomic E-state index is 0.770. The Hall–Kier alpha value is -0.790. The first-order valence-corrected chi connectivity index (χ1v) is 5.43. The van der Waals surface area contributed by atoms with Crippen LogP contribution in [0.1, 0.15) is 51.6 Å². The van der Waals surface area contributed by atoms with E-state index in [1.807, 2.05) is 20.0 Å². The van der Waals surface area contributed by atoms with Crippen LogP contribution in [0.5, 0.6) is 0 Å². The van der Waals surface area contributed by atoms with E-state index in [9.17, 15) is 0 Å². The first-order valence-electron chi connectivity index (χ1n) is 5.43. The van der Waals surface area contributed by atoms with Crippen molar-refractivity contribution >= 4 is 0 Å². The first kappa shape index (κ1) is 10.3. The molecule has 1 unspecified atom stereocenters. The van der Waals surface area contributed by atoms with E-state index < -0.39 is 0 Å². The largest absolute Gasteiger partial charge is 0.269 e. The molecule has 2 heterocycles. The van der Waals surface area contributed by atoms with E-state index in [1.54, 1.807) is 0 Å². The quantitative estimate of drug-likeness (QED) is 0.649. The third-order valence-corrected chi connectivity index (χ3v) is 2.58. The SMILES string of the molecule is CC.CCC1CCCn2nccc21. The minimum atomic E-state index is 0.770. The molecule has 2 nitrogen and oxygen atoms in total. The molecule has 0 aromatic carbocycles. The van der Waals surface area contributed by atoms with Crippen molar-refractivity contribution in [3.05, 3.63) is 18.0 Å². The van der Waals surface area contributed by atoms with Crippen molar-refractivity contribution in [1.29, 1.82) is 0 Å². The van der Waals surface area contributed by atoms with E-state index in [1.165, 1.54) is 25.0 Å². The second kappa shape index (κ2) is 5.05. The summed E-state index contributed by atoms with van der Waals surface area (Å²) in [5.41, 5.74) is 1.44. The standard InChI is InChI=1S/C9H14N2.C2H6/c1-2-8-4-3-7-11-9(8)5-6-10-11;1-2/h5-6,8H,2-4,7H2,1H3;1-2H3. The Kier molecular flexibility index (Phi) is 4.00. The lowest BCUT2D eigenvalue weighted by molar-refractivity contribution is 0.417. The van der Waals surface area contributed by atoms with E-state index in [0.29, 0.717) is 0 Å². The van der Waals surface area contributed by atoms with E-state index >= 15 is 0 Å². The van der Waals surface area contributed by atoms with E-state index in [2.05, 4.69) is 22.8 Å². The summed E-state index contributed by atoms with van der Waals surface area (Å²) in [4.78, 5) is 0. The number of nitrogens with zero attached hydrogens (tertiary/aromatic N) is 2. The lowest BCUT2D eigenvalue weighted by Gasteiger charge is -2.21. The predicted octanol–water partition coefficient (Wildman–Crippen LogP) is 3.20. The maximum Gasteiger partial charge on any atom is 0.0492 e. The summed E-state index contributed by atoms with van der Waals surface area (Å²) in [7, 11) is 0. The van der Waals surface area contributed by atoms with Gasteiger partial charge in [-0.05, 0) is 25.3 Å². The molecule has 0 N–H and O–H groups in total. The van der Waals surface area contributed by atoms with Crippen LogP contribution in [0.25, 0.3) is 0 Å². The normalized spacial score (nSPS) is 20.1. The van der Waals surface area contributed by atoms with Crippen molar-refractivity contribution in [3.8, 4) is 0 Å². The molecule has 0 amide bonds. The van der Waals surface area contributed by atoms with Gasteiger partial charge in [0.05, 0.1) is 0 Å². The average molecular weight is 180 g/mol. The zero-order valence-corrected chi connectivity index (χ0v) is 8.95. The third-order valence-electron chi connectivity index (χ3n) is 2.58. The minimum Gasteiger partial charge on any atom is -0.269 e. The lowest BCUT2D eigenvalue weighted by atomic mass is 9.94. The molecule has 0 saturated heterocycles. The molecule has 1 aliphatic heterocycles. The van der Waals surface area contributed by atoms with Crippen molar-refractivity contribution in [3.63, 3.8) is 0 Å². The molecule has 2 heteroatoms. The van der Waals surface area contributed by atoms with E-state index in [4.69, 9.17) is 0 Å². The Labute approximate surface area is 81.0 Å². The molecule has 0 saturated carbocycles. The van der Waals surface area contributed by atoms with Crippen LogP contribution in [-0.4, -0.2) is 9.78 Å². The van der Waals surface area contributed by atoms with Gasteiger partial charge in [-0.2, -0.15) is 5.10 Å². The van der Waals surface area contributed by atoms with E-state index in [-0.39, 0.29) is 0 Å². The van der Waals surface area contributed by atoms with Gasteiger partial charge in [0.15, 0.2) is 0 Å².